The molecule has 0 saturated heterocycles. The molecule has 0 unspecified atom stereocenters. The number of esters is 1. The lowest BCUT2D eigenvalue weighted by molar-refractivity contribution is -0.121. The summed E-state index contributed by atoms with van der Waals surface area (Å²) < 4.78 is 37.4. The lowest BCUT2D eigenvalue weighted by atomic mass is 10.1. The highest BCUT2D eigenvalue weighted by Crippen LogP contribution is 2.21. The Morgan fingerprint density at radius 3 is 2.20 bits per heavy atom. The fraction of sp³-hybridized carbons (Fsp3) is 0.160. The summed E-state index contributed by atoms with van der Waals surface area (Å²) in [4.78, 5) is 24.1. The summed E-state index contributed by atoms with van der Waals surface area (Å²) in [5.74, 6) is -0.552. The first-order valence-corrected chi connectivity index (χ1v) is 12.0. The molecule has 0 bridgehead atoms. The molecule has 182 valence electrons. The summed E-state index contributed by atoms with van der Waals surface area (Å²) in [5.41, 5.74) is 4.09. The molecule has 0 aliphatic heterocycles. The monoisotopic (exact) mass is 495 g/mol. The van der Waals surface area contributed by atoms with Crippen molar-refractivity contribution in [1.29, 1.82) is 0 Å². The Bertz CT molecular complexity index is 1280. The van der Waals surface area contributed by atoms with Gasteiger partial charge in [-0.15, -0.1) is 0 Å². The Balaban J connectivity index is 1.73. The number of ether oxygens (including phenoxy) is 2. The van der Waals surface area contributed by atoms with Crippen molar-refractivity contribution in [2.75, 3.05) is 20.8 Å². The minimum atomic E-state index is -3.99. The molecule has 35 heavy (non-hydrogen) atoms. The second-order valence-electron chi connectivity index (χ2n) is 7.34. The summed E-state index contributed by atoms with van der Waals surface area (Å²) in [6.07, 6.45) is 1.39. The van der Waals surface area contributed by atoms with Crippen molar-refractivity contribution >= 4 is 28.1 Å². The van der Waals surface area contributed by atoms with E-state index in [2.05, 4.69) is 15.3 Å². The van der Waals surface area contributed by atoms with Gasteiger partial charge in [0.1, 0.15) is 5.75 Å². The molecule has 1 amide bonds. The van der Waals surface area contributed by atoms with Gasteiger partial charge in [-0.25, -0.2) is 18.6 Å². The Labute approximate surface area is 204 Å². The molecule has 3 aromatic carbocycles. The SMILES string of the molecule is COC(=O)c1ccc(/C=N\NC(=O)CN(Cc2ccccc2)S(=O)(=O)c2ccc(OC)cc2)cc1. The summed E-state index contributed by atoms with van der Waals surface area (Å²) in [7, 11) is -1.21. The second-order valence-corrected chi connectivity index (χ2v) is 9.28. The Kier molecular flexibility index (Phi) is 8.71. The number of hydrogen-bond donors (Lipinski definition) is 1. The second kappa shape index (κ2) is 11.9. The van der Waals surface area contributed by atoms with Crippen molar-refractivity contribution in [1.82, 2.24) is 9.73 Å². The average molecular weight is 496 g/mol. The first-order valence-electron chi connectivity index (χ1n) is 10.5. The number of rotatable bonds is 10. The maximum Gasteiger partial charge on any atom is 0.337 e. The van der Waals surface area contributed by atoms with E-state index in [-0.39, 0.29) is 11.4 Å². The zero-order valence-electron chi connectivity index (χ0n) is 19.2. The summed E-state index contributed by atoms with van der Waals surface area (Å²) in [6.45, 7) is -0.441. The van der Waals surface area contributed by atoms with Crippen LogP contribution in [-0.2, 0) is 26.1 Å². The van der Waals surface area contributed by atoms with Crippen LogP contribution in [0.3, 0.4) is 0 Å². The molecule has 10 heteroatoms. The molecular formula is C25H25N3O6S. The van der Waals surface area contributed by atoms with Crippen LogP contribution in [0.4, 0.5) is 0 Å². The predicted molar refractivity (Wildman–Crippen MR) is 131 cm³/mol. The van der Waals surface area contributed by atoms with Crippen LogP contribution in [0, 0.1) is 0 Å². The molecule has 0 aromatic heterocycles. The Morgan fingerprint density at radius 1 is 0.943 bits per heavy atom. The van der Waals surface area contributed by atoms with Crippen molar-refractivity contribution in [3.63, 3.8) is 0 Å². The van der Waals surface area contributed by atoms with Crippen LogP contribution in [0.2, 0.25) is 0 Å². The summed E-state index contributed by atoms with van der Waals surface area (Å²) in [5, 5.41) is 3.90. The fourth-order valence-electron chi connectivity index (χ4n) is 3.11. The third-order valence-electron chi connectivity index (χ3n) is 4.95. The number of nitrogens with zero attached hydrogens (tertiary/aromatic N) is 2. The largest absolute Gasteiger partial charge is 0.497 e. The maximum atomic E-state index is 13.3. The lowest BCUT2D eigenvalue weighted by Gasteiger charge is -2.21. The smallest absolute Gasteiger partial charge is 0.337 e. The summed E-state index contributed by atoms with van der Waals surface area (Å²) >= 11 is 0. The van der Waals surface area contributed by atoms with E-state index in [9.17, 15) is 18.0 Å². The van der Waals surface area contributed by atoms with Gasteiger partial charge in [-0.2, -0.15) is 9.41 Å². The van der Waals surface area contributed by atoms with E-state index >= 15 is 0 Å². The van der Waals surface area contributed by atoms with Gasteiger partial charge in [0, 0.05) is 6.54 Å². The number of benzene rings is 3. The van der Waals surface area contributed by atoms with E-state index in [0.29, 0.717) is 16.9 Å². The van der Waals surface area contributed by atoms with Crippen LogP contribution in [0.5, 0.6) is 5.75 Å². The van der Waals surface area contributed by atoms with E-state index in [4.69, 9.17) is 4.74 Å². The van der Waals surface area contributed by atoms with Gasteiger partial charge in [0.05, 0.1) is 37.4 Å². The third-order valence-corrected chi connectivity index (χ3v) is 6.76. The predicted octanol–water partition coefficient (Wildman–Crippen LogP) is 2.82. The molecule has 3 rings (SSSR count). The minimum Gasteiger partial charge on any atom is -0.497 e. The molecule has 0 aliphatic rings. The molecule has 0 radical (unpaired) electrons. The number of carbonyl (C=O) groups excluding carboxylic acids is 2. The van der Waals surface area contributed by atoms with Crippen molar-refractivity contribution in [2.24, 2.45) is 5.10 Å². The van der Waals surface area contributed by atoms with Gasteiger partial charge in [-0.05, 0) is 47.5 Å². The topological polar surface area (TPSA) is 114 Å². The molecule has 0 fully saturated rings. The van der Waals surface area contributed by atoms with Crippen LogP contribution in [-0.4, -0.2) is 51.6 Å². The van der Waals surface area contributed by atoms with Gasteiger partial charge in [-0.3, -0.25) is 4.79 Å². The Morgan fingerprint density at radius 2 is 1.60 bits per heavy atom. The van der Waals surface area contributed by atoms with Gasteiger partial charge >= 0.3 is 5.97 Å². The molecule has 0 heterocycles. The van der Waals surface area contributed by atoms with Crippen LogP contribution in [0.15, 0.2) is 88.9 Å². The van der Waals surface area contributed by atoms with Crippen molar-refractivity contribution < 1.29 is 27.5 Å². The lowest BCUT2D eigenvalue weighted by Crippen LogP contribution is -2.39. The van der Waals surface area contributed by atoms with E-state index in [1.807, 2.05) is 6.07 Å². The quantitative estimate of drug-likeness (QED) is 0.263. The van der Waals surface area contributed by atoms with Gasteiger partial charge in [0.15, 0.2) is 0 Å². The molecule has 1 N–H and O–H groups in total. The van der Waals surface area contributed by atoms with E-state index < -0.39 is 28.4 Å². The number of carbonyl (C=O) groups is 2. The number of nitrogens with one attached hydrogen (secondary N) is 1. The molecule has 9 nitrogen and oxygen atoms in total. The van der Waals surface area contributed by atoms with Crippen molar-refractivity contribution in [2.45, 2.75) is 11.4 Å². The molecule has 0 atom stereocenters. The molecule has 0 saturated carbocycles. The molecule has 0 aliphatic carbocycles. The van der Waals surface area contributed by atoms with E-state index in [1.54, 1.807) is 60.7 Å². The molecular weight excluding hydrogens is 470 g/mol. The van der Waals surface area contributed by atoms with Gasteiger partial charge < -0.3 is 9.47 Å². The van der Waals surface area contributed by atoms with Crippen LogP contribution in [0.25, 0.3) is 0 Å². The highest BCUT2D eigenvalue weighted by atomic mass is 32.2. The first kappa shape index (κ1) is 25.6. The number of amides is 1. The zero-order valence-corrected chi connectivity index (χ0v) is 20.1. The number of hydrazone groups is 1. The van der Waals surface area contributed by atoms with Crippen LogP contribution < -0.4 is 10.2 Å². The Hall–Kier alpha value is -4.02. The standard InChI is InChI=1S/C25H25N3O6S/c1-33-22-12-14-23(15-13-22)35(31,32)28(17-20-6-4-3-5-7-20)18-24(29)27-26-16-19-8-10-21(11-9-19)25(30)34-2/h3-16H,17-18H2,1-2H3,(H,27,29)/b26-16-. The average Bonchev–Trinajstić information content (AvgIpc) is 2.89. The maximum absolute atomic E-state index is 13.3. The zero-order chi connectivity index (χ0) is 25.3. The van der Waals surface area contributed by atoms with Gasteiger partial charge in [-0.1, -0.05) is 42.5 Å². The number of methoxy groups -OCH3 is 2. The first-order chi connectivity index (χ1) is 16.8. The fourth-order valence-corrected chi connectivity index (χ4v) is 4.49. The van der Waals surface area contributed by atoms with Crippen molar-refractivity contribution in [3.8, 4) is 5.75 Å². The van der Waals surface area contributed by atoms with Crippen LogP contribution >= 0.6 is 0 Å². The van der Waals surface area contributed by atoms with Crippen LogP contribution in [0.1, 0.15) is 21.5 Å². The van der Waals surface area contributed by atoms with E-state index in [0.717, 1.165) is 9.87 Å². The highest BCUT2D eigenvalue weighted by molar-refractivity contribution is 7.89. The number of sulfonamides is 1. The van der Waals surface area contributed by atoms with Crippen molar-refractivity contribution in [3.05, 3.63) is 95.6 Å². The molecule has 0 spiro atoms. The van der Waals surface area contributed by atoms with Gasteiger partial charge in [0.2, 0.25) is 10.0 Å². The third kappa shape index (κ3) is 6.98. The highest BCUT2D eigenvalue weighted by Gasteiger charge is 2.27. The van der Waals surface area contributed by atoms with Gasteiger partial charge in [0.25, 0.3) is 5.91 Å². The molecule has 3 aromatic rings. The number of hydrogen-bond acceptors (Lipinski definition) is 7. The normalized spacial score (nSPS) is 11.4. The summed E-state index contributed by atoms with van der Waals surface area (Å²) in [6, 6.07) is 21.3. The minimum absolute atomic E-state index is 0.00132. The van der Waals surface area contributed by atoms with E-state index in [1.165, 1.54) is 32.6 Å².